The summed E-state index contributed by atoms with van der Waals surface area (Å²) in [4.78, 5) is 27.5. The van der Waals surface area contributed by atoms with Crippen LogP contribution in [0.3, 0.4) is 0 Å². The van der Waals surface area contributed by atoms with Gasteiger partial charge < -0.3 is 14.8 Å². The molecule has 0 bridgehead atoms. The van der Waals surface area contributed by atoms with E-state index < -0.39 is 5.82 Å². The summed E-state index contributed by atoms with van der Waals surface area (Å²) in [6.07, 6.45) is 2.02. The van der Waals surface area contributed by atoms with Gasteiger partial charge in [-0.15, -0.1) is 0 Å². The molecule has 0 amide bonds. The Hall–Kier alpha value is -2.19. The number of rotatable bonds is 4. The van der Waals surface area contributed by atoms with Crippen molar-refractivity contribution >= 4 is 38.3 Å². The van der Waals surface area contributed by atoms with Crippen molar-refractivity contribution in [3.05, 3.63) is 38.5 Å². The molecule has 2 aromatic heterocycles. The number of pyridine rings is 1. The maximum absolute atomic E-state index is 14.8. The number of nitrogens with one attached hydrogen (secondary N) is 2. The summed E-state index contributed by atoms with van der Waals surface area (Å²) in [6.45, 7) is 4.46. The Balaban J connectivity index is 1.73. The molecule has 6 nitrogen and oxygen atoms in total. The van der Waals surface area contributed by atoms with Crippen LogP contribution in [-0.4, -0.2) is 34.6 Å². The first-order valence-electron chi connectivity index (χ1n) is 8.95. The molecule has 3 aromatic rings. The Bertz CT molecular complexity index is 1140. The van der Waals surface area contributed by atoms with E-state index in [1.807, 2.05) is 4.90 Å². The van der Waals surface area contributed by atoms with Gasteiger partial charge in [0.2, 0.25) is 5.43 Å². The van der Waals surface area contributed by atoms with Gasteiger partial charge in [-0.25, -0.2) is 4.39 Å². The third-order valence-electron chi connectivity index (χ3n) is 5.32. The second kappa shape index (κ2) is 5.65. The maximum Gasteiger partial charge on any atom is 0.271 e. The molecule has 1 aliphatic carbocycles. The topological polar surface area (TPSA) is 70.1 Å². The van der Waals surface area contributed by atoms with Crippen LogP contribution in [0.25, 0.3) is 21.1 Å². The zero-order valence-electron chi connectivity index (χ0n) is 14.3. The van der Waals surface area contributed by atoms with Crippen molar-refractivity contribution in [3.8, 4) is 0 Å². The molecular weight excluding hydrogens is 355 g/mol. The fourth-order valence-electron chi connectivity index (χ4n) is 3.87. The highest BCUT2D eigenvalue weighted by molar-refractivity contribution is 7.12. The van der Waals surface area contributed by atoms with Crippen molar-refractivity contribution in [2.45, 2.75) is 31.8 Å². The van der Waals surface area contributed by atoms with Gasteiger partial charge in [-0.1, -0.05) is 6.92 Å². The second-order valence-electron chi connectivity index (χ2n) is 7.12. The predicted molar refractivity (Wildman–Crippen MR) is 102 cm³/mol. The molecule has 5 rings (SSSR count). The monoisotopic (exact) mass is 374 g/mol. The van der Waals surface area contributed by atoms with Crippen LogP contribution in [0.5, 0.6) is 0 Å². The SMILES string of the molecule is CCNC1CN(c2cc3c(cc2F)c(=O)c2c(=O)[nH]sc2n3C2CC2)C1. The van der Waals surface area contributed by atoms with Crippen LogP contribution in [0.15, 0.2) is 21.7 Å². The van der Waals surface area contributed by atoms with Crippen LogP contribution in [0, 0.1) is 5.82 Å². The Morgan fingerprint density at radius 1 is 1.31 bits per heavy atom. The van der Waals surface area contributed by atoms with E-state index in [1.54, 1.807) is 6.07 Å². The van der Waals surface area contributed by atoms with Crippen LogP contribution in [0.2, 0.25) is 0 Å². The Morgan fingerprint density at radius 2 is 2.08 bits per heavy atom. The van der Waals surface area contributed by atoms with Gasteiger partial charge in [0.1, 0.15) is 16.0 Å². The van der Waals surface area contributed by atoms with Crippen LogP contribution in [-0.2, 0) is 0 Å². The van der Waals surface area contributed by atoms with Gasteiger partial charge in [0.05, 0.1) is 11.2 Å². The first-order valence-corrected chi connectivity index (χ1v) is 9.77. The average Bonchev–Trinajstić information content (AvgIpc) is 3.34. The lowest BCUT2D eigenvalue weighted by molar-refractivity contribution is 0.424. The van der Waals surface area contributed by atoms with Crippen LogP contribution < -0.4 is 21.2 Å². The number of benzene rings is 1. The van der Waals surface area contributed by atoms with E-state index in [1.165, 1.54) is 17.6 Å². The molecule has 8 heteroatoms. The number of likely N-dealkylation sites (N-methyl/N-ethyl adjacent to an activating group) is 1. The summed E-state index contributed by atoms with van der Waals surface area (Å²) >= 11 is 1.19. The van der Waals surface area contributed by atoms with E-state index in [0.717, 1.165) is 38.0 Å². The third-order valence-corrected chi connectivity index (χ3v) is 6.21. The summed E-state index contributed by atoms with van der Waals surface area (Å²) in [7, 11) is 0. The molecule has 0 atom stereocenters. The largest absolute Gasteiger partial charge is 0.366 e. The quantitative estimate of drug-likeness (QED) is 0.734. The van der Waals surface area contributed by atoms with Crippen LogP contribution in [0.1, 0.15) is 25.8 Å². The molecule has 3 heterocycles. The first-order chi connectivity index (χ1) is 12.6. The molecule has 136 valence electrons. The molecule has 1 aliphatic heterocycles. The smallest absolute Gasteiger partial charge is 0.271 e. The molecule has 0 unspecified atom stereocenters. The Morgan fingerprint density at radius 3 is 2.77 bits per heavy atom. The predicted octanol–water partition coefficient (Wildman–Crippen LogP) is 2.18. The molecule has 1 saturated heterocycles. The van der Waals surface area contributed by atoms with Crippen LogP contribution >= 0.6 is 11.5 Å². The Kier molecular flexibility index (Phi) is 3.48. The number of halogens is 1. The normalized spacial score (nSPS) is 18.0. The molecule has 26 heavy (non-hydrogen) atoms. The fraction of sp³-hybridized carbons (Fsp3) is 0.444. The molecular formula is C18H19FN4O2S. The molecule has 1 aromatic carbocycles. The van der Waals surface area contributed by atoms with Gasteiger partial charge in [0, 0.05) is 30.6 Å². The lowest BCUT2D eigenvalue weighted by Crippen LogP contribution is -2.58. The number of fused-ring (bicyclic) bond motifs is 2. The van der Waals surface area contributed by atoms with E-state index in [-0.39, 0.29) is 22.4 Å². The summed E-state index contributed by atoms with van der Waals surface area (Å²) < 4.78 is 19.5. The van der Waals surface area contributed by atoms with Crippen molar-refractivity contribution in [1.82, 2.24) is 14.3 Å². The Labute approximate surface area is 152 Å². The number of anilines is 1. The maximum atomic E-state index is 14.8. The summed E-state index contributed by atoms with van der Waals surface area (Å²) in [5, 5.41) is 3.80. The first kappa shape index (κ1) is 16.0. The van der Waals surface area contributed by atoms with Gasteiger partial charge in [-0.05, 0) is 43.1 Å². The fourth-order valence-corrected chi connectivity index (χ4v) is 4.80. The van der Waals surface area contributed by atoms with E-state index >= 15 is 0 Å². The minimum atomic E-state index is -0.405. The van der Waals surface area contributed by atoms with Crippen molar-refractivity contribution < 1.29 is 4.39 Å². The number of hydrogen-bond donors (Lipinski definition) is 2. The highest BCUT2D eigenvalue weighted by Crippen LogP contribution is 2.41. The summed E-state index contributed by atoms with van der Waals surface area (Å²) in [5.41, 5.74) is 0.493. The van der Waals surface area contributed by atoms with Crippen molar-refractivity contribution in [3.63, 3.8) is 0 Å². The summed E-state index contributed by atoms with van der Waals surface area (Å²) in [5.74, 6) is -0.405. The highest BCUT2D eigenvalue weighted by Gasteiger charge is 2.32. The highest BCUT2D eigenvalue weighted by atomic mass is 32.1. The molecule has 0 radical (unpaired) electrons. The minimum absolute atomic E-state index is 0.151. The van der Waals surface area contributed by atoms with Crippen molar-refractivity contribution in [1.29, 1.82) is 0 Å². The molecule has 0 spiro atoms. The number of hydrogen-bond acceptors (Lipinski definition) is 5. The number of nitrogens with zero attached hydrogens (tertiary/aromatic N) is 2. The zero-order valence-corrected chi connectivity index (χ0v) is 15.2. The standard InChI is InChI=1S/C18H19FN4O2S/c1-2-20-9-7-22(8-9)14-6-13-11(5-12(14)19)16(24)15-17(25)21-26-18(15)23(13)10-3-4-10/h5-6,9-10,20H,2-4,7-8H2,1H3,(H,21,25). The molecule has 2 aliphatic rings. The van der Waals surface area contributed by atoms with E-state index in [4.69, 9.17) is 0 Å². The lowest BCUT2D eigenvalue weighted by atomic mass is 10.1. The van der Waals surface area contributed by atoms with E-state index in [0.29, 0.717) is 21.9 Å². The number of aromatic nitrogens is 2. The van der Waals surface area contributed by atoms with Crippen LogP contribution in [0.4, 0.5) is 10.1 Å². The van der Waals surface area contributed by atoms with E-state index in [2.05, 4.69) is 21.2 Å². The van der Waals surface area contributed by atoms with Gasteiger partial charge in [-0.3, -0.25) is 14.0 Å². The number of aromatic amines is 1. The van der Waals surface area contributed by atoms with Crippen molar-refractivity contribution in [2.24, 2.45) is 0 Å². The third kappa shape index (κ3) is 2.25. The lowest BCUT2D eigenvalue weighted by Gasteiger charge is -2.41. The summed E-state index contributed by atoms with van der Waals surface area (Å²) in [6, 6.07) is 3.74. The van der Waals surface area contributed by atoms with Gasteiger partial charge in [-0.2, -0.15) is 0 Å². The van der Waals surface area contributed by atoms with E-state index in [9.17, 15) is 14.0 Å². The molecule has 2 N–H and O–H groups in total. The zero-order chi connectivity index (χ0) is 18.0. The average molecular weight is 374 g/mol. The van der Waals surface area contributed by atoms with Gasteiger partial charge in [0.25, 0.3) is 5.56 Å². The van der Waals surface area contributed by atoms with Gasteiger partial charge in [0.15, 0.2) is 0 Å². The second-order valence-corrected chi connectivity index (χ2v) is 7.92. The molecule has 2 fully saturated rings. The number of H-pyrrole nitrogens is 1. The van der Waals surface area contributed by atoms with Gasteiger partial charge >= 0.3 is 0 Å². The molecule has 1 saturated carbocycles. The van der Waals surface area contributed by atoms with Crippen molar-refractivity contribution in [2.75, 3.05) is 24.5 Å². The minimum Gasteiger partial charge on any atom is -0.366 e.